The maximum absolute atomic E-state index is 12.2. The average molecular weight is 272 g/mol. The number of rotatable bonds is 7. The van der Waals surface area contributed by atoms with Gasteiger partial charge in [-0.05, 0) is 32.6 Å². The van der Waals surface area contributed by atoms with Crippen LogP contribution in [0.5, 0.6) is 0 Å². The number of nitrogens with two attached hydrogens (primary N) is 1. The van der Waals surface area contributed by atoms with Gasteiger partial charge in [0.15, 0.2) is 6.29 Å². The number of carbonyl (C=O) groups excluding carboxylic acids is 1. The molecule has 2 atom stereocenters. The van der Waals surface area contributed by atoms with Crippen molar-refractivity contribution in [2.75, 3.05) is 19.8 Å². The van der Waals surface area contributed by atoms with Crippen LogP contribution < -0.4 is 11.1 Å². The van der Waals surface area contributed by atoms with E-state index in [1.54, 1.807) is 0 Å². The molecule has 0 heterocycles. The summed E-state index contributed by atoms with van der Waals surface area (Å²) in [5.74, 6) is 0.433. The molecule has 1 amide bonds. The Bertz CT molecular complexity index is 280. The third kappa shape index (κ3) is 5.09. The van der Waals surface area contributed by atoms with E-state index in [0.717, 1.165) is 25.7 Å². The molecule has 0 aliphatic heterocycles. The van der Waals surface area contributed by atoms with Crippen LogP contribution in [0, 0.1) is 5.92 Å². The first-order valence-electron chi connectivity index (χ1n) is 7.32. The minimum absolute atomic E-state index is 0.0801. The zero-order valence-electron chi connectivity index (χ0n) is 12.4. The first-order valence-corrected chi connectivity index (χ1v) is 7.32. The maximum Gasteiger partial charge on any atom is 0.240 e. The van der Waals surface area contributed by atoms with E-state index in [9.17, 15) is 4.79 Å². The molecule has 0 aromatic rings. The summed E-state index contributed by atoms with van der Waals surface area (Å²) >= 11 is 0. The van der Waals surface area contributed by atoms with E-state index >= 15 is 0 Å². The summed E-state index contributed by atoms with van der Waals surface area (Å²) in [6, 6.07) is 0. The predicted molar refractivity (Wildman–Crippen MR) is 74.6 cm³/mol. The summed E-state index contributed by atoms with van der Waals surface area (Å²) in [6.45, 7) is 7.43. The quantitative estimate of drug-likeness (QED) is 0.687. The van der Waals surface area contributed by atoms with Gasteiger partial charge in [0.25, 0.3) is 0 Å². The second kappa shape index (κ2) is 7.82. The summed E-state index contributed by atoms with van der Waals surface area (Å²) in [4.78, 5) is 12.2. The Hall–Kier alpha value is -0.650. The number of amides is 1. The van der Waals surface area contributed by atoms with E-state index in [1.807, 2.05) is 13.8 Å². The molecule has 1 fully saturated rings. The first-order chi connectivity index (χ1) is 9.01. The highest BCUT2D eigenvalue weighted by Gasteiger charge is 2.37. The molecule has 1 saturated carbocycles. The van der Waals surface area contributed by atoms with Gasteiger partial charge in [-0.1, -0.05) is 19.8 Å². The van der Waals surface area contributed by atoms with Crippen LogP contribution in [-0.2, 0) is 14.3 Å². The molecule has 5 heteroatoms. The van der Waals surface area contributed by atoms with Crippen molar-refractivity contribution in [3.63, 3.8) is 0 Å². The lowest BCUT2D eigenvalue weighted by Crippen LogP contribution is -2.57. The van der Waals surface area contributed by atoms with Crippen LogP contribution in [0.3, 0.4) is 0 Å². The normalized spacial score (nSPS) is 27.5. The largest absolute Gasteiger partial charge is 0.351 e. The minimum atomic E-state index is -0.722. The second-order valence-corrected chi connectivity index (χ2v) is 5.41. The summed E-state index contributed by atoms with van der Waals surface area (Å²) in [6.07, 6.45) is 3.31. The summed E-state index contributed by atoms with van der Waals surface area (Å²) < 4.78 is 10.8. The van der Waals surface area contributed by atoms with Gasteiger partial charge in [-0.25, -0.2) is 0 Å². The van der Waals surface area contributed by atoms with Gasteiger partial charge in [-0.15, -0.1) is 0 Å². The SMILES string of the molecule is CCOC(CNC(=O)C1(N)CCCC(C)C1)OCC. The maximum atomic E-state index is 12.2. The highest BCUT2D eigenvalue weighted by molar-refractivity contribution is 5.86. The van der Waals surface area contributed by atoms with Crippen molar-refractivity contribution in [1.29, 1.82) is 0 Å². The van der Waals surface area contributed by atoms with Gasteiger partial charge in [-0.2, -0.15) is 0 Å². The molecule has 0 bridgehead atoms. The smallest absolute Gasteiger partial charge is 0.240 e. The fourth-order valence-electron chi connectivity index (χ4n) is 2.69. The molecule has 0 radical (unpaired) electrons. The molecule has 0 aromatic heterocycles. The van der Waals surface area contributed by atoms with Crippen molar-refractivity contribution < 1.29 is 14.3 Å². The lowest BCUT2D eigenvalue weighted by Gasteiger charge is -2.35. The van der Waals surface area contributed by atoms with Crippen LogP contribution in [0.25, 0.3) is 0 Å². The predicted octanol–water partition coefficient (Wildman–Crippen LogP) is 1.41. The third-order valence-electron chi connectivity index (χ3n) is 3.62. The van der Waals surface area contributed by atoms with Crippen molar-refractivity contribution in [1.82, 2.24) is 5.32 Å². The van der Waals surface area contributed by atoms with Crippen molar-refractivity contribution in [3.05, 3.63) is 0 Å². The van der Waals surface area contributed by atoms with Crippen molar-refractivity contribution in [2.45, 2.75) is 58.3 Å². The number of hydrogen-bond donors (Lipinski definition) is 2. The lowest BCUT2D eigenvalue weighted by atomic mass is 9.76. The Morgan fingerprint density at radius 2 is 2.05 bits per heavy atom. The molecule has 0 spiro atoms. The first kappa shape index (κ1) is 16.4. The Labute approximate surface area is 116 Å². The molecule has 3 N–H and O–H groups in total. The molecule has 1 aliphatic rings. The molecule has 1 aliphatic carbocycles. The van der Waals surface area contributed by atoms with Crippen LogP contribution in [0.2, 0.25) is 0 Å². The van der Waals surface area contributed by atoms with Gasteiger partial charge in [0.05, 0.1) is 12.1 Å². The van der Waals surface area contributed by atoms with Crippen molar-refractivity contribution in [3.8, 4) is 0 Å². The number of carbonyl (C=O) groups is 1. The standard InChI is InChI=1S/C14H28N2O3/c1-4-18-12(19-5-2)10-16-13(17)14(15)8-6-7-11(3)9-14/h11-12H,4-10,15H2,1-3H3,(H,16,17). The van der Waals surface area contributed by atoms with Crippen molar-refractivity contribution >= 4 is 5.91 Å². The Morgan fingerprint density at radius 1 is 1.42 bits per heavy atom. The molecule has 1 rings (SSSR count). The van der Waals surface area contributed by atoms with Crippen LogP contribution in [0.1, 0.15) is 46.5 Å². The van der Waals surface area contributed by atoms with E-state index < -0.39 is 5.54 Å². The van der Waals surface area contributed by atoms with Crippen LogP contribution in [0.4, 0.5) is 0 Å². The number of ether oxygens (including phenoxy) is 2. The lowest BCUT2D eigenvalue weighted by molar-refractivity contribution is -0.143. The fraction of sp³-hybridized carbons (Fsp3) is 0.929. The average Bonchev–Trinajstić information content (AvgIpc) is 2.35. The monoisotopic (exact) mass is 272 g/mol. The van der Waals surface area contributed by atoms with E-state index in [4.69, 9.17) is 15.2 Å². The summed E-state index contributed by atoms with van der Waals surface area (Å²) in [5, 5.41) is 2.87. The highest BCUT2D eigenvalue weighted by atomic mass is 16.7. The van der Waals surface area contributed by atoms with Gasteiger partial charge in [-0.3, -0.25) is 4.79 Å². The molecule has 19 heavy (non-hydrogen) atoms. The zero-order valence-corrected chi connectivity index (χ0v) is 12.4. The molecular formula is C14H28N2O3. The topological polar surface area (TPSA) is 73.6 Å². The van der Waals surface area contributed by atoms with Crippen LogP contribution >= 0.6 is 0 Å². The van der Waals surface area contributed by atoms with E-state index in [1.165, 1.54) is 0 Å². The molecule has 5 nitrogen and oxygen atoms in total. The van der Waals surface area contributed by atoms with Gasteiger partial charge in [0.2, 0.25) is 5.91 Å². The molecule has 0 saturated heterocycles. The van der Waals surface area contributed by atoms with Crippen LogP contribution in [-0.4, -0.2) is 37.5 Å². The third-order valence-corrected chi connectivity index (χ3v) is 3.62. The molecule has 2 unspecified atom stereocenters. The molecule has 0 aromatic carbocycles. The Morgan fingerprint density at radius 3 is 2.58 bits per heavy atom. The van der Waals surface area contributed by atoms with Gasteiger partial charge in [0, 0.05) is 13.2 Å². The summed E-state index contributed by atoms with van der Waals surface area (Å²) in [7, 11) is 0. The Kier molecular flexibility index (Phi) is 6.75. The van der Waals surface area contributed by atoms with E-state index in [-0.39, 0.29) is 12.2 Å². The second-order valence-electron chi connectivity index (χ2n) is 5.41. The van der Waals surface area contributed by atoms with Gasteiger partial charge >= 0.3 is 0 Å². The minimum Gasteiger partial charge on any atom is -0.351 e. The van der Waals surface area contributed by atoms with Crippen molar-refractivity contribution in [2.24, 2.45) is 11.7 Å². The summed E-state index contributed by atoms with van der Waals surface area (Å²) in [5.41, 5.74) is 5.51. The highest BCUT2D eigenvalue weighted by Crippen LogP contribution is 2.30. The zero-order chi connectivity index (χ0) is 14.3. The molecular weight excluding hydrogens is 244 g/mol. The van der Waals surface area contributed by atoms with Gasteiger partial charge in [0.1, 0.15) is 0 Å². The Balaban J connectivity index is 2.44. The fourth-order valence-corrected chi connectivity index (χ4v) is 2.69. The van der Waals surface area contributed by atoms with Crippen LogP contribution in [0.15, 0.2) is 0 Å². The van der Waals surface area contributed by atoms with E-state index in [2.05, 4.69) is 12.2 Å². The number of hydrogen-bond acceptors (Lipinski definition) is 4. The van der Waals surface area contributed by atoms with E-state index in [0.29, 0.717) is 25.7 Å². The molecule has 112 valence electrons. The van der Waals surface area contributed by atoms with Gasteiger partial charge < -0.3 is 20.5 Å². The number of nitrogens with one attached hydrogen (secondary N) is 1.